The first-order valence-corrected chi connectivity index (χ1v) is 7.22. The summed E-state index contributed by atoms with van der Waals surface area (Å²) in [6.45, 7) is 6.32. The zero-order valence-corrected chi connectivity index (χ0v) is 12.8. The van der Waals surface area contributed by atoms with E-state index >= 15 is 0 Å². The molecule has 118 valence electrons. The number of carbonyl (C=O) groups is 1. The van der Waals surface area contributed by atoms with Crippen molar-refractivity contribution in [2.45, 2.75) is 26.9 Å². The largest absolute Gasteiger partial charge is 0.388 e. The SMILES string of the molecule is CCN(CC)C(=O)c1onc(-c2ccc(F)cc2)c1C(C)O. The first-order chi connectivity index (χ1) is 10.5. The fourth-order valence-electron chi connectivity index (χ4n) is 2.31. The van der Waals surface area contributed by atoms with Gasteiger partial charge in [-0.1, -0.05) is 5.16 Å². The van der Waals surface area contributed by atoms with Crippen LogP contribution in [0.5, 0.6) is 0 Å². The average Bonchev–Trinajstić information content (AvgIpc) is 2.94. The Balaban J connectivity index is 2.50. The average molecular weight is 306 g/mol. The number of hydrogen-bond donors (Lipinski definition) is 1. The molecule has 1 atom stereocenters. The summed E-state index contributed by atoms with van der Waals surface area (Å²) in [5, 5.41) is 13.9. The summed E-state index contributed by atoms with van der Waals surface area (Å²) >= 11 is 0. The fourth-order valence-corrected chi connectivity index (χ4v) is 2.31. The monoisotopic (exact) mass is 306 g/mol. The molecule has 0 aliphatic heterocycles. The molecule has 1 aromatic heterocycles. The van der Waals surface area contributed by atoms with Gasteiger partial charge in [-0.2, -0.15) is 0 Å². The van der Waals surface area contributed by atoms with Gasteiger partial charge in [-0.25, -0.2) is 4.39 Å². The number of halogens is 1. The van der Waals surface area contributed by atoms with E-state index < -0.39 is 6.10 Å². The van der Waals surface area contributed by atoms with Crippen LogP contribution < -0.4 is 0 Å². The molecule has 0 bridgehead atoms. The van der Waals surface area contributed by atoms with Crippen molar-refractivity contribution in [1.29, 1.82) is 0 Å². The minimum Gasteiger partial charge on any atom is -0.388 e. The van der Waals surface area contributed by atoms with Gasteiger partial charge in [-0.05, 0) is 45.0 Å². The molecular weight excluding hydrogens is 287 g/mol. The number of amides is 1. The summed E-state index contributed by atoms with van der Waals surface area (Å²) in [5.41, 5.74) is 1.26. The second-order valence-corrected chi connectivity index (χ2v) is 4.93. The molecule has 0 saturated heterocycles. The molecule has 1 heterocycles. The van der Waals surface area contributed by atoms with Gasteiger partial charge in [-0.3, -0.25) is 4.79 Å². The standard InChI is InChI=1S/C16H19FN2O3/c1-4-19(5-2)16(21)15-13(10(3)20)14(18-22-15)11-6-8-12(17)9-7-11/h6-10,20H,4-5H2,1-3H3. The third-order valence-corrected chi connectivity index (χ3v) is 3.51. The van der Waals surface area contributed by atoms with Crippen molar-refractivity contribution in [2.24, 2.45) is 0 Å². The van der Waals surface area contributed by atoms with Gasteiger partial charge < -0.3 is 14.5 Å². The van der Waals surface area contributed by atoms with E-state index in [0.717, 1.165) is 0 Å². The molecule has 0 spiro atoms. The molecule has 2 rings (SSSR count). The van der Waals surface area contributed by atoms with Gasteiger partial charge in [0.05, 0.1) is 11.7 Å². The number of aliphatic hydroxyl groups excluding tert-OH is 1. The van der Waals surface area contributed by atoms with Crippen molar-refractivity contribution >= 4 is 5.91 Å². The van der Waals surface area contributed by atoms with E-state index in [1.165, 1.54) is 24.3 Å². The number of benzene rings is 1. The highest BCUT2D eigenvalue weighted by molar-refractivity contribution is 5.94. The van der Waals surface area contributed by atoms with E-state index in [1.807, 2.05) is 13.8 Å². The quantitative estimate of drug-likeness (QED) is 0.922. The first-order valence-electron chi connectivity index (χ1n) is 7.22. The topological polar surface area (TPSA) is 66.6 Å². The van der Waals surface area contributed by atoms with Crippen LogP contribution in [-0.2, 0) is 0 Å². The Kier molecular flexibility index (Phi) is 4.92. The van der Waals surface area contributed by atoms with E-state index in [4.69, 9.17) is 4.52 Å². The normalized spacial score (nSPS) is 12.2. The van der Waals surface area contributed by atoms with E-state index in [-0.39, 0.29) is 17.5 Å². The van der Waals surface area contributed by atoms with Gasteiger partial charge in [0.25, 0.3) is 5.91 Å². The highest BCUT2D eigenvalue weighted by Gasteiger charge is 2.28. The Bertz CT molecular complexity index is 646. The van der Waals surface area contributed by atoms with Gasteiger partial charge in [0.1, 0.15) is 11.5 Å². The summed E-state index contributed by atoms with van der Waals surface area (Å²) in [7, 11) is 0. The summed E-state index contributed by atoms with van der Waals surface area (Å²) in [4.78, 5) is 14.0. The van der Waals surface area contributed by atoms with Crippen molar-refractivity contribution < 1.29 is 18.8 Å². The molecule has 1 unspecified atom stereocenters. The third-order valence-electron chi connectivity index (χ3n) is 3.51. The molecule has 6 heteroatoms. The Morgan fingerprint density at radius 1 is 1.32 bits per heavy atom. The number of rotatable bonds is 5. The van der Waals surface area contributed by atoms with E-state index in [0.29, 0.717) is 29.9 Å². The maximum Gasteiger partial charge on any atom is 0.292 e. The zero-order chi connectivity index (χ0) is 16.3. The van der Waals surface area contributed by atoms with Crippen LogP contribution >= 0.6 is 0 Å². The highest BCUT2D eigenvalue weighted by Crippen LogP contribution is 2.31. The van der Waals surface area contributed by atoms with Crippen LogP contribution in [0.4, 0.5) is 4.39 Å². The van der Waals surface area contributed by atoms with Gasteiger partial charge in [0.2, 0.25) is 5.76 Å². The molecule has 1 aromatic carbocycles. The second kappa shape index (κ2) is 6.70. The highest BCUT2D eigenvalue weighted by atomic mass is 19.1. The van der Waals surface area contributed by atoms with E-state index in [9.17, 15) is 14.3 Å². The predicted octanol–water partition coefficient (Wildman–Crippen LogP) is 3.02. The van der Waals surface area contributed by atoms with Crippen molar-refractivity contribution in [2.75, 3.05) is 13.1 Å². The summed E-state index contributed by atoms with van der Waals surface area (Å²) in [6.07, 6.45) is -0.930. The maximum atomic E-state index is 13.0. The molecule has 2 aromatic rings. The molecular formula is C16H19FN2O3. The van der Waals surface area contributed by atoms with E-state index in [1.54, 1.807) is 11.8 Å². The van der Waals surface area contributed by atoms with Crippen molar-refractivity contribution in [1.82, 2.24) is 10.1 Å². The molecule has 5 nitrogen and oxygen atoms in total. The van der Waals surface area contributed by atoms with Crippen molar-refractivity contribution in [3.8, 4) is 11.3 Å². The number of aliphatic hydroxyl groups is 1. The first kappa shape index (κ1) is 16.2. The number of nitrogens with zero attached hydrogens (tertiary/aromatic N) is 2. The minimum absolute atomic E-state index is 0.0259. The lowest BCUT2D eigenvalue weighted by Gasteiger charge is -2.17. The van der Waals surface area contributed by atoms with E-state index in [2.05, 4.69) is 5.16 Å². The van der Waals surface area contributed by atoms with Crippen LogP contribution in [0.15, 0.2) is 28.8 Å². The molecule has 0 aliphatic rings. The number of hydrogen-bond acceptors (Lipinski definition) is 4. The van der Waals surface area contributed by atoms with Gasteiger partial charge in [0, 0.05) is 18.7 Å². The van der Waals surface area contributed by atoms with Crippen LogP contribution in [0.1, 0.15) is 43.0 Å². The fraction of sp³-hybridized carbons (Fsp3) is 0.375. The Morgan fingerprint density at radius 2 is 1.91 bits per heavy atom. The third kappa shape index (κ3) is 3.01. The summed E-state index contributed by atoms with van der Waals surface area (Å²) in [6, 6.07) is 5.65. The Labute approximate surface area is 128 Å². The molecule has 0 radical (unpaired) electrons. The maximum absolute atomic E-state index is 13.0. The molecule has 1 N–H and O–H groups in total. The van der Waals surface area contributed by atoms with Crippen LogP contribution in [-0.4, -0.2) is 34.2 Å². The van der Waals surface area contributed by atoms with Crippen LogP contribution in [0.2, 0.25) is 0 Å². The number of aromatic nitrogens is 1. The Morgan fingerprint density at radius 3 is 2.41 bits per heavy atom. The van der Waals surface area contributed by atoms with Crippen molar-refractivity contribution in [3.05, 3.63) is 41.4 Å². The van der Waals surface area contributed by atoms with Crippen LogP contribution in [0, 0.1) is 5.82 Å². The van der Waals surface area contributed by atoms with Gasteiger partial charge in [-0.15, -0.1) is 0 Å². The molecule has 0 aliphatic carbocycles. The van der Waals surface area contributed by atoms with Gasteiger partial charge >= 0.3 is 0 Å². The lowest BCUT2D eigenvalue weighted by Crippen LogP contribution is -2.31. The van der Waals surface area contributed by atoms with Gasteiger partial charge in [0.15, 0.2) is 0 Å². The molecule has 1 amide bonds. The van der Waals surface area contributed by atoms with Crippen molar-refractivity contribution in [3.63, 3.8) is 0 Å². The van der Waals surface area contributed by atoms with Crippen LogP contribution in [0.3, 0.4) is 0 Å². The molecule has 0 fully saturated rings. The second-order valence-electron chi connectivity index (χ2n) is 4.93. The zero-order valence-electron chi connectivity index (χ0n) is 12.8. The minimum atomic E-state index is -0.930. The smallest absolute Gasteiger partial charge is 0.292 e. The lowest BCUT2D eigenvalue weighted by molar-refractivity contribution is 0.0722. The number of carbonyl (C=O) groups excluding carboxylic acids is 1. The van der Waals surface area contributed by atoms with Crippen LogP contribution in [0.25, 0.3) is 11.3 Å². The molecule has 22 heavy (non-hydrogen) atoms. The lowest BCUT2D eigenvalue weighted by atomic mass is 10.0. The summed E-state index contributed by atoms with van der Waals surface area (Å²) in [5.74, 6) is -0.662. The predicted molar refractivity (Wildman–Crippen MR) is 79.8 cm³/mol. The summed E-state index contributed by atoms with van der Waals surface area (Å²) < 4.78 is 18.2. The Hall–Kier alpha value is -2.21. The molecule has 0 saturated carbocycles.